The van der Waals surface area contributed by atoms with Crippen LogP contribution < -0.4 is 0 Å². The summed E-state index contributed by atoms with van der Waals surface area (Å²) in [4.78, 5) is 13.8. The normalized spacial score (nSPS) is 11.7. The average molecular weight is 293 g/mol. The summed E-state index contributed by atoms with van der Waals surface area (Å²) in [6, 6.07) is 10.1. The maximum absolute atomic E-state index is 11.7. The molecule has 0 spiro atoms. The molecule has 0 aliphatic carbocycles. The molecule has 118 valence electrons. The van der Waals surface area contributed by atoms with Gasteiger partial charge in [0.15, 0.2) is 0 Å². The molecule has 0 bridgehead atoms. The second-order valence-electron chi connectivity index (χ2n) is 5.96. The van der Waals surface area contributed by atoms with Gasteiger partial charge in [-0.1, -0.05) is 30.3 Å². The van der Waals surface area contributed by atoms with Crippen LogP contribution in [0.2, 0.25) is 0 Å². The fourth-order valence-electron chi connectivity index (χ4n) is 1.93. The number of hydrogen-bond acceptors (Lipinski definition) is 4. The van der Waals surface area contributed by atoms with Gasteiger partial charge in [0, 0.05) is 13.1 Å². The number of benzene rings is 1. The highest BCUT2D eigenvalue weighted by molar-refractivity contribution is 5.71. The molecule has 0 aromatic heterocycles. The van der Waals surface area contributed by atoms with Crippen molar-refractivity contribution in [2.45, 2.75) is 39.8 Å². The smallest absolute Gasteiger partial charge is 0.320 e. The lowest BCUT2D eigenvalue weighted by Crippen LogP contribution is -2.35. The zero-order chi connectivity index (χ0) is 15.7. The van der Waals surface area contributed by atoms with Crippen molar-refractivity contribution in [3.63, 3.8) is 0 Å². The number of hydrogen-bond donors (Lipinski definition) is 0. The first kappa shape index (κ1) is 17.7. The zero-order valence-electron chi connectivity index (χ0n) is 13.6. The van der Waals surface area contributed by atoms with Crippen molar-refractivity contribution in [1.82, 2.24) is 4.90 Å². The van der Waals surface area contributed by atoms with E-state index in [1.165, 1.54) is 5.56 Å². The van der Waals surface area contributed by atoms with Crippen LogP contribution in [-0.2, 0) is 20.8 Å². The molecule has 0 saturated carbocycles. The predicted molar refractivity (Wildman–Crippen MR) is 84.1 cm³/mol. The number of esters is 1. The lowest BCUT2D eigenvalue weighted by atomic mass is 10.2. The van der Waals surface area contributed by atoms with Crippen molar-refractivity contribution in [3.05, 3.63) is 35.9 Å². The molecule has 0 N–H and O–H groups in total. The number of rotatable bonds is 8. The highest BCUT2D eigenvalue weighted by Gasteiger charge is 2.15. The third-order valence-corrected chi connectivity index (χ3v) is 2.85. The van der Waals surface area contributed by atoms with Gasteiger partial charge < -0.3 is 9.47 Å². The molecule has 0 amide bonds. The van der Waals surface area contributed by atoms with Crippen LogP contribution in [0.5, 0.6) is 0 Å². The average Bonchev–Trinajstić information content (AvgIpc) is 2.38. The summed E-state index contributed by atoms with van der Waals surface area (Å²) in [5.74, 6) is -0.191. The van der Waals surface area contributed by atoms with Crippen molar-refractivity contribution < 1.29 is 14.3 Å². The van der Waals surface area contributed by atoms with E-state index in [0.717, 1.165) is 0 Å². The number of carbonyl (C=O) groups is 1. The Morgan fingerprint density at radius 2 is 1.86 bits per heavy atom. The van der Waals surface area contributed by atoms with Gasteiger partial charge in [-0.15, -0.1) is 0 Å². The van der Waals surface area contributed by atoms with Crippen molar-refractivity contribution in [3.8, 4) is 0 Å². The van der Waals surface area contributed by atoms with Crippen LogP contribution in [0, 0.1) is 0 Å². The van der Waals surface area contributed by atoms with E-state index in [1.807, 2.05) is 45.9 Å². The first-order valence-electron chi connectivity index (χ1n) is 7.46. The quantitative estimate of drug-likeness (QED) is 0.691. The van der Waals surface area contributed by atoms with Crippen LogP contribution in [0.3, 0.4) is 0 Å². The lowest BCUT2D eigenvalue weighted by molar-refractivity contribution is -0.144. The van der Waals surface area contributed by atoms with Gasteiger partial charge in [-0.3, -0.25) is 9.69 Å². The van der Waals surface area contributed by atoms with E-state index >= 15 is 0 Å². The highest BCUT2D eigenvalue weighted by Crippen LogP contribution is 2.08. The van der Waals surface area contributed by atoms with Gasteiger partial charge in [0.2, 0.25) is 0 Å². The Morgan fingerprint density at radius 1 is 1.19 bits per heavy atom. The van der Waals surface area contributed by atoms with E-state index in [4.69, 9.17) is 9.47 Å². The Kier molecular flexibility index (Phi) is 7.40. The topological polar surface area (TPSA) is 38.8 Å². The standard InChI is InChI=1S/C17H27NO3/c1-5-20-16(19)14-18(11-12-21-17(2,3)4)13-15-9-7-6-8-10-15/h6-10H,5,11-14H2,1-4H3. The Balaban J connectivity index is 2.55. The van der Waals surface area contributed by atoms with E-state index in [9.17, 15) is 4.79 Å². The molecule has 1 aromatic rings. The maximum atomic E-state index is 11.7. The van der Waals surface area contributed by atoms with E-state index in [1.54, 1.807) is 0 Å². The Hall–Kier alpha value is -1.39. The van der Waals surface area contributed by atoms with Gasteiger partial charge in [0.1, 0.15) is 0 Å². The van der Waals surface area contributed by atoms with Crippen molar-refractivity contribution in [2.75, 3.05) is 26.3 Å². The van der Waals surface area contributed by atoms with Gasteiger partial charge in [-0.25, -0.2) is 0 Å². The highest BCUT2D eigenvalue weighted by atomic mass is 16.5. The molecule has 0 radical (unpaired) electrons. The molecule has 4 heteroatoms. The molecule has 1 rings (SSSR count). The van der Waals surface area contributed by atoms with E-state index in [2.05, 4.69) is 17.0 Å². The molecular formula is C17H27NO3. The summed E-state index contributed by atoms with van der Waals surface area (Å²) in [7, 11) is 0. The molecule has 0 aliphatic heterocycles. The van der Waals surface area contributed by atoms with Crippen molar-refractivity contribution >= 4 is 5.97 Å². The molecule has 0 heterocycles. The van der Waals surface area contributed by atoms with Gasteiger partial charge >= 0.3 is 5.97 Å². The van der Waals surface area contributed by atoms with Gasteiger partial charge in [-0.2, -0.15) is 0 Å². The SMILES string of the molecule is CCOC(=O)CN(CCOC(C)(C)C)Cc1ccccc1. The van der Waals surface area contributed by atoms with Crippen LogP contribution in [-0.4, -0.2) is 42.8 Å². The van der Waals surface area contributed by atoms with Crippen LogP contribution in [0.4, 0.5) is 0 Å². The van der Waals surface area contributed by atoms with Crippen LogP contribution in [0.25, 0.3) is 0 Å². The monoisotopic (exact) mass is 293 g/mol. The minimum atomic E-state index is -0.191. The summed E-state index contributed by atoms with van der Waals surface area (Å²) in [5, 5.41) is 0. The van der Waals surface area contributed by atoms with Crippen molar-refractivity contribution in [1.29, 1.82) is 0 Å². The molecule has 4 nitrogen and oxygen atoms in total. The molecule has 21 heavy (non-hydrogen) atoms. The van der Waals surface area contributed by atoms with Crippen LogP contribution in [0.15, 0.2) is 30.3 Å². The summed E-state index contributed by atoms with van der Waals surface area (Å²) in [5.41, 5.74) is 1.01. The second-order valence-corrected chi connectivity index (χ2v) is 5.96. The van der Waals surface area contributed by atoms with Crippen LogP contribution in [0.1, 0.15) is 33.3 Å². The number of nitrogens with zero attached hydrogens (tertiary/aromatic N) is 1. The molecule has 0 saturated heterocycles. The predicted octanol–water partition coefficient (Wildman–Crippen LogP) is 2.87. The Morgan fingerprint density at radius 3 is 2.43 bits per heavy atom. The van der Waals surface area contributed by atoms with E-state index in [0.29, 0.717) is 26.3 Å². The molecule has 0 aliphatic rings. The summed E-state index contributed by atoms with van der Waals surface area (Å²) < 4.78 is 10.8. The first-order valence-corrected chi connectivity index (χ1v) is 7.46. The van der Waals surface area contributed by atoms with Crippen LogP contribution >= 0.6 is 0 Å². The number of carbonyl (C=O) groups excluding carboxylic acids is 1. The van der Waals surface area contributed by atoms with E-state index in [-0.39, 0.29) is 18.1 Å². The van der Waals surface area contributed by atoms with Crippen molar-refractivity contribution in [2.24, 2.45) is 0 Å². The molecule has 0 atom stereocenters. The fraction of sp³-hybridized carbons (Fsp3) is 0.588. The Bertz CT molecular complexity index is 412. The van der Waals surface area contributed by atoms with E-state index < -0.39 is 0 Å². The summed E-state index contributed by atoms with van der Waals surface area (Å²) in [6.45, 7) is 10.6. The molecule has 0 fully saturated rings. The fourth-order valence-corrected chi connectivity index (χ4v) is 1.93. The summed E-state index contributed by atoms with van der Waals surface area (Å²) in [6.07, 6.45) is 0. The Labute approximate surface area is 128 Å². The summed E-state index contributed by atoms with van der Waals surface area (Å²) >= 11 is 0. The second kappa shape index (κ2) is 8.80. The minimum absolute atomic E-state index is 0.164. The van der Waals surface area contributed by atoms with Gasteiger partial charge in [-0.05, 0) is 33.3 Å². The lowest BCUT2D eigenvalue weighted by Gasteiger charge is -2.25. The van der Waals surface area contributed by atoms with Gasteiger partial charge in [0.25, 0.3) is 0 Å². The zero-order valence-corrected chi connectivity index (χ0v) is 13.6. The third-order valence-electron chi connectivity index (χ3n) is 2.85. The third kappa shape index (κ3) is 8.48. The first-order chi connectivity index (χ1) is 9.90. The largest absolute Gasteiger partial charge is 0.465 e. The minimum Gasteiger partial charge on any atom is -0.465 e. The molecule has 1 aromatic carbocycles. The van der Waals surface area contributed by atoms with Gasteiger partial charge in [0.05, 0.1) is 25.4 Å². The molecule has 0 unspecified atom stereocenters. The number of ether oxygens (including phenoxy) is 2. The molecular weight excluding hydrogens is 266 g/mol. The maximum Gasteiger partial charge on any atom is 0.320 e.